The molecule has 1 N–H and O–H groups in total. The topological polar surface area (TPSA) is 42.2 Å². The van der Waals surface area contributed by atoms with E-state index in [4.69, 9.17) is 5.11 Å². The first-order valence-electron chi connectivity index (χ1n) is 4.45. The second-order valence-corrected chi connectivity index (χ2v) is 3.33. The summed E-state index contributed by atoms with van der Waals surface area (Å²) in [4.78, 5) is 11.5. The summed E-state index contributed by atoms with van der Waals surface area (Å²) in [5.74, 6) is 0. The molecule has 0 amide bonds. The molecule has 0 radical (unpaired) electrons. The standard InChI is InChI=1S/C10H15NO2/c1-8-4-3-6-11(10(8)13)7-5-9(2)12/h3-4,6,9,12H,5,7H2,1-2H3. The number of aryl methyl sites for hydroxylation is 2. The second-order valence-electron chi connectivity index (χ2n) is 3.33. The van der Waals surface area contributed by atoms with E-state index in [0.29, 0.717) is 13.0 Å². The molecule has 0 bridgehead atoms. The van der Waals surface area contributed by atoms with E-state index in [1.165, 1.54) is 0 Å². The van der Waals surface area contributed by atoms with Gasteiger partial charge in [0.25, 0.3) is 5.56 Å². The first kappa shape index (κ1) is 9.99. The number of rotatable bonds is 3. The van der Waals surface area contributed by atoms with Gasteiger partial charge in [-0.25, -0.2) is 0 Å². The van der Waals surface area contributed by atoms with Crippen LogP contribution in [0.15, 0.2) is 23.1 Å². The average Bonchev–Trinajstić information content (AvgIpc) is 2.07. The van der Waals surface area contributed by atoms with Gasteiger partial charge in [-0.15, -0.1) is 0 Å². The van der Waals surface area contributed by atoms with Crippen molar-refractivity contribution in [1.29, 1.82) is 0 Å². The van der Waals surface area contributed by atoms with Crippen LogP contribution in [0.3, 0.4) is 0 Å². The summed E-state index contributed by atoms with van der Waals surface area (Å²) in [6.45, 7) is 4.10. The molecule has 0 saturated carbocycles. The Kier molecular flexibility index (Phi) is 3.25. The van der Waals surface area contributed by atoms with Crippen LogP contribution in [0.25, 0.3) is 0 Å². The van der Waals surface area contributed by atoms with E-state index in [1.54, 1.807) is 30.7 Å². The van der Waals surface area contributed by atoms with Crippen LogP contribution < -0.4 is 5.56 Å². The highest BCUT2D eigenvalue weighted by atomic mass is 16.3. The summed E-state index contributed by atoms with van der Waals surface area (Å²) in [7, 11) is 0. The molecule has 3 nitrogen and oxygen atoms in total. The molecule has 1 atom stereocenters. The summed E-state index contributed by atoms with van der Waals surface area (Å²) < 4.78 is 1.63. The number of pyridine rings is 1. The Bertz CT molecular complexity index is 328. The lowest BCUT2D eigenvalue weighted by atomic mass is 10.2. The van der Waals surface area contributed by atoms with Gasteiger partial charge in [0.15, 0.2) is 0 Å². The van der Waals surface area contributed by atoms with E-state index in [1.807, 2.05) is 6.07 Å². The lowest BCUT2D eigenvalue weighted by Gasteiger charge is -2.07. The molecule has 0 spiro atoms. The van der Waals surface area contributed by atoms with Crippen molar-refractivity contribution < 1.29 is 5.11 Å². The third kappa shape index (κ3) is 2.70. The minimum absolute atomic E-state index is 0.0307. The predicted molar refractivity (Wildman–Crippen MR) is 51.7 cm³/mol. The molecule has 1 aromatic heterocycles. The first-order valence-corrected chi connectivity index (χ1v) is 4.45. The van der Waals surface area contributed by atoms with Crippen LogP contribution in [0.1, 0.15) is 18.9 Å². The third-order valence-electron chi connectivity index (χ3n) is 2.00. The van der Waals surface area contributed by atoms with Crippen molar-refractivity contribution in [3.8, 4) is 0 Å². The number of aromatic nitrogens is 1. The van der Waals surface area contributed by atoms with Gasteiger partial charge in [-0.3, -0.25) is 4.79 Å². The van der Waals surface area contributed by atoms with Gasteiger partial charge in [0, 0.05) is 18.3 Å². The largest absolute Gasteiger partial charge is 0.393 e. The highest BCUT2D eigenvalue weighted by molar-refractivity contribution is 5.07. The molecule has 0 aliphatic heterocycles. The fourth-order valence-corrected chi connectivity index (χ4v) is 1.16. The zero-order valence-corrected chi connectivity index (χ0v) is 8.03. The fraction of sp³-hybridized carbons (Fsp3) is 0.500. The molecule has 0 saturated heterocycles. The smallest absolute Gasteiger partial charge is 0.253 e. The first-order chi connectivity index (χ1) is 6.11. The van der Waals surface area contributed by atoms with Gasteiger partial charge in [-0.2, -0.15) is 0 Å². The van der Waals surface area contributed by atoms with Gasteiger partial charge in [0.05, 0.1) is 6.10 Å². The molecule has 72 valence electrons. The molecule has 13 heavy (non-hydrogen) atoms. The molecule has 1 unspecified atom stereocenters. The minimum atomic E-state index is -0.354. The van der Waals surface area contributed by atoms with Crippen LogP contribution >= 0.6 is 0 Å². The van der Waals surface area contributed by atoms with Crippen molar-refractivity contribution in [3.05, 3.63) is 34.2 Å². The number of nitrogens with zero attached hydrogens (tertiary/aromatic N) is 1. The second kappa shape index (κ2) is 4.23. The molecule has 0 aromatic carbocycles. The molecule has 1 rings (SSSR count). The van der Waals surface area contributed by atoms with Crippen LogP contribution in [0, 0.1) is 6.92 Å². The van der Waals surface area contributed by atoms with E-state index in [-0.39, 0.29) is 11.7 Å². The van der Waals surface area contributed by atoms with Crippen molar-refractivity contribution in [2.45, 2.75) is 32.9 Å². The number of aliphatic hydroxyl groups excluding tert-OH is 1. The van der Waals surface area contributed by atoms with Crippen LogP contribution in [-0.4, -0.2) is 15.8 Å². The maximum atomic E-state index is 11.5. The summed E-state index contributed by atoms with van der Waals surface area (Å²) in [6.07, 6.45) is 2.01. The molecule has 0 aliphatic carbocycles. The number of hydrogen-bond acceptors (Lipinski definition) is 2. The molecular weight excluding hydrogens is 166 g/mol. The molecule has 1 heterocycles. The lowest BCUT2D eigenvalue weighted by Crippen LogP contribution is -2.22. The molecule has 1 aromatic rings. The zero-order chi connectivity index (χ0) is 9.84. The maximum Gasteiger partial charge on any atom is 0.253 e. The van der Waals surface area contributed by atoms with Gasteiger partial charge in [0.1, 0.15) is 0 Å². The van der Waals surface area contributed by atoms with Crippen molar-refractivity contribution >= 4 is 0 Å². The van der Waals surface area contributed by atoms with E-state index in [2.05, 4.69) is 0 Å². The summed E-state index contributed by atoms with van der Waals surface area (Å²) >= 11 is 0. The molecular formula is C10H15NO2. The highest BCUT2D eigenvalue weighted by Gasteiger charge is 2.00. The van der Waals surface area contributed by atoms with E-state index < -0.39 is 0 Å². The summed E-state index contributed by atoms with van der Waals surface area (Å²) in [5, 5.41) is 9.06. The lowest BCUT2D eigenvalue weighted by molar-refractivity contribution is 0.177. The van der Waals surface area contributed by atoms with Gasteiger partial charge in [0.2, 0.25) is 0 Å². The van der Waals surface area contributed by atoms with Crippen LogP contribution in [0.2, 0.25) is 0 Å². The van der Waals surface area contributed by atoms with E-state index in [0.717, 1.165) is 5.56 Å². The molecule has 0 fully saturated rings. The van der Waals surface area contributed by atoms with E-state index in [9.17, 15) is 4.79 Å². The minimum Gasteiger partial charge on any atom is -0.393 e. The van der Waals surface area contributed by atoms with Gasteiger partial charge in [-0.05, 0) is 26.3 Å². The van der Waals surface area contributed by atoms with Crippen molar-refractivity contribution in [3.63, 3.8) is 0 Å². The fourth-order valence-electron chi connectivity index (χ4n) is 1.16. The van der Waals surface area contributed by atoms with Gasteiger partial charge in [-0.1, -0.05) is 6.07 Å². The Labute approximate surface area is 77.6 Å². The zero-order valence-electron chi connectivity index (χ0n) is 8.03. The van der Waals surface area contributed by atoms with Crippen LogP contribution in [-0.2, 0) is 6.54 Å². The Hall–Kier alpha value is -1.09. The van der Waals surface area contributed by atoms with Crippen molar-refractivity contribution in [2.24, 2.45) is 0 Å². The Morgan fingerprint density at radius 3 is 2.92 bits per heavy atom. The van der Waals surface area contributed by atoms with Gasteiger partial charge >= 0.3 is 0 Å². The molecule has 0 aliphatic rings. The number of hydrogen-bond donors (Lipinski definition) is 1. The Morgan fingerprint density at radius 1 is 1.62 bits per heavy atom. The predicted octanol–water partition coefficient (Wildman–Crippen LogP) is 0.928. The Balaban J connectivity index is 2.78. The summed E-state index contributed by atoms with van der Waals surface area (Å²) in [6, 6.07) is 3.64. The monoisotopic (exact) mass is 181 g/mol. The molecule has 3 heteroatoms. The van der Waals surface area contributed by atoms with Crippen LogP contribution in [0.4, 0.5) is 0 Å². The van der Waals surface area contributed by atoms with Crippen molar-refractivity contribution in [2.75, 3.05) is 0 Å². The van der Waals surface area contributed by atoms with E-state index >= 15 is 0 Å². The summed E-state index contributed by atoms with van der Waals surface area (Å²) in [5.41, 5.74) is 0.774. The average molecular weight is 181 g/mol. The quantitative estimate of drug-likeness (QED) is 0.753. The normalized spacial score (nSPS) is 12.8. The SMILES string of the molecule is Cc1cccn(CCC(C)O)c1=O. The van der Waals surface area contributed by atoms with Crippen molar-refractivity contribution in [1.82, 2.24) is 4.57 Å². The Morgan fingerprint density at radius 2 is 2.31 bits per heavy atom. The van der Waals surface area contributed by atoms with Gasteiger partial charge < -0.3 is 9.67 Å². The number of aliphatic hydroxyl groups is 1. The maximum absolute atomic E-state index is 11.5. The highest BCUT2D eigenvalue weighted by Crippen LogP contribution is 1.94. The third-order valence-corrected chi connectivity index (χ3v) is 2.00. The van der Waals surface area contributed by atoms with Crippen LogP contribution in [0.5, 0.6) is 0 Å².